The van der Waals surface area contributed by atoms with Crippen molar-refractivity contribution in [1.82, 2.24) is 4.90 Å². The maximum atomic E-state index is 13.1. The first-order valence-corrected chi connectivity index (χ1v) is 12.8. The normalized spacial score (nSPS) is 15.4. The molecule has 1 aliphatic heterocycles. The van der Waals surface area contributed by atoms with Crippen LogP contribution in [0.15, 0.2) is 42.5 Å². The molecule has 1 atom stereocenters. The van der Waals surface area contributed by atoms with E-state index in [9.17, 15) is 13.2 Å². The van der Waals surface area contributed by atoms with E-state index in [0.29, 0.717) is 30.9 Å². The highest BCUT2D eigenvalue weighted by Gasteiger charge is 2.28. The molecule has 0 spiro atoms. The van der Waals surface area contributed by atoms with Gasteiger partial charge in [-0.05, 0) is 61.7 Å². The Morgan fingerprint density at radius 1 is 1.06 bits per heavy atom. The molecule has 8 heteroatoms. The largest absolute Gasteiger partial charge is 0.481 e. The number of hydrogen-bond acceptors (Lipinski definition) is 5. The van der Waals surface area contributed by atoms with Crippen LogP contribution in [0.25, 0.3) is 0 Å². The Balaban J connectivity index is 1.61. The van der Waals surface area contributed by atoms with Crippen LogP contribution < -0.4 is 13.9 Å². The number of amides is 1. The molecular weight excluding hydrogens is 426 g/mol. The van der Waals surface area contributed by atoms with Crippen molar-refractivity contribution in [2.45, 2.75) is 33.3 Å². The van der Waals surface area contributed by atoms with Crippen molar-refractivity contribution >= 4 is 27.3 Å². The monoisotopic (exact) mass is 459 g/mol. The van der Waals surface area contributed by atoms with E-state index in [1.54, 1.807) is 24.3 Å². The number of anilines is 2. The summed E-state index contributed by atoms with van der Waals surface area (Å²) < 4.78 is 30.6. The molecule has 7 nitrogen and oxygen atoms in total. The number of aryl methyl sites for hydroxylation is 1. The first kappa shape index (κ1) is 23.9. The summed E-state index contributed by atoms with van der Waals surface area (Å²) in [5, 5.41) is 0. The zero-order chi connectivity index (χ0) is 23.5. The first-order valence-electron chi connectivity index (χ1n) is 10.9. The van der Waals surface area contributed by atoms with Gasteiger partial charge < -0.3 is 14.5 Å². The van der Waals surface area contributed by atoms with Crippen molar-refractivity contribution in [3.05, 3.63) is 53.6 Å². The van der Waals surface area contributed by atoms with Crippen molar-refractivity contribution in [2.24, 2.45) is 0 Å². The highest BCUT2D eigenvalue weighted by Crippen LogP contribution is 2.25. The molecule has 1 saturated heterocycles. The van der Waals surface area contributed by atoms with Crippen LogP contribution in [0.4, 0.5) is 11.4 Å². The average Bonchev–Trinajstić information content (AvgIpc) is 2.78. The molecule has 0 saturated carbocycles. The SMILES string of the molecule is CCC(Oc1ccc(N(C)S(C)(=O)=O)cc1)C(=O)N1CCN(c2cccc(C)c2C)CC1. The number of piperazine rings is 1. The lowest BCUT2D eigenvalue weighted by atomic mass is 10.1. The molecule has 1 amide bonds. The Morgan fingerprint density at radius 2 is 1.69 bits per heavy atom. The van der Waals surface area contributed by atoms with Crippen LogP contribution in [-0.2, 0) is 14.8 Å². The molecule has 3 rings (SSSR count). The van der Waals surface area contributed by atoms with Crippen molar-refractivity contribution in [3.8, 4) is 5.75 Å². The topological polar surface area (TPSA) is 70.2 Å². The number of carbonyl (C=O) groups excluding carboxylic acids is 1. The Kier molecular flexibility index (Phi) is 7.33. The number of benzene rings is 2. The van der Waals surface area contributed by atoms with E-state index < -0.39 is 16.1 Å². The van der Waals surface area contributed by atoms with Crippen LogP contribution in [0.5, 0.6) is 5.75 Å². The quantitative estimate of drug-likeness (QED) is 0.636. The lowest BCUT2D eigenvalue weighted by molar-refractivity contribution is -0.139. The average molecular weight is 460 g/mol. The molecule has 1 heterocycles. The van der Waals surface area contributed by atoms with Gasteiger partial charge in [0, 0.05) is 38.9 Å². The first-order chi connectivity index (χ1) is 15.1. The Bertz CT molecular complexity index is 1050. The summed E-state index contributed by atoms with van der Waals surface area (Å²) in [6.45, 7) is 9.09. The zero-order valence-electron chi connectivity index (χ0n) is 19.5. The number of ether oxygens (including phenoxy) is 1. The van der Waals surface area contributed by atoms with Gasteiger partial charge in [0.15, 0.2) is 6.10 Å². The lowest BCUT2D eigenvalue weighted by Gasteiger charge is -2.38. The zero-order valence-corrected chi connectivity index (χ0v) is 20.4. The van der Waals surface area contributed by atoms with E-state index in [4.69, 9.17) is 4.74 Å². The fraction of sp³-hybridized carbons (Fsp3) is 0.458. The molecule has 174 valence electrons. The fourth-order valence-electron chi connectivity index (χ4n) is 3.85. The standard InChI is InChI=1S/C24H33N3O4S/c1-6-23(31-21-12-10-20(11-13-21)25(4)32(5,29)30)24(28)27-16-14-26(15-17-27)22-9-7-8-18(2)19(22)3/h7-13,23H,6,14-17H2,1-5H3. The molecule has 0 N–H and O–H groups in total. The second-order valence-electron chi connectivity index (χ2n) is 8.27. The van der Waals surface area contributed by atoms with Gasteiger partial charge in [0.25, 0.3) is 5.91 Å². The summed E-state index contributed by atoms with van der Waals surface area (Å²) in [4.78, 5) is 17.3. The van der Waals surface area contributed by atoms with E-state index in [-0.39, 0.29) is 5.91 Å². The number of rotatable bonds is 7. The highest BCUT2D eigenvalue weighted by atomic mass is 32.2. The molecule has 32 heavy (non-hydrogen) atoms. The third-order valence-corrected chi connectivity index (χ3v) is 7.34. The molecule has 0 aliphatic carbocycles. The molecule has 0 aromatic heterocycles. The van der Waals surface area contributed by atoms with Crippen molar-refractivity contribution < 1.29 is 17.9 Å². The Labute approximate surface area is 191 Å². The second kappa shape index (κ2) is 9.81. The Morgan fingerprint density at radius 3 is 2.25 bits per heavy atom. The van der Waals surface area contributed by atoms with Gasteiger partial charge in [0.2, 0.25) is 10.0 Å². The third kappa shape index (κ3) is 5.35. The fourth-order valence-corrected chi connectivity index (χ4v) is 4.35. The summed E-state index contributed by atoms with van der Waals surface area (Å²) in [6, 6.07) is 13.1. The van der Waals surface area contributed by atoms with E-state index >= 15 is 0 Å². The van der Waals surface area contributed by atoms with Gasteiger partial charge in [-0.1, -0.05) is 19.1 Å². The molecule has 1 unspecified atom stereocenters. The van der Waals surface area contributed by atoms with Gasteiger partial charge >= 0.3 is 0 Å². The minimum absolute atomic E-state index is 0.00885. The van der Waals surface area contributed by atoms with E-state index in [2.05, 4.69) is 36.9 Å². The summed E-state index contributed by atoms with van der Waals surface area (Å²) >= 11 is 0. The maximum Gasteiger partial charge on any atom is 0.263 e. The summed E-state index contributed by atoms with van der Waals surface area (Å²) in [7, 11) is -1.83. The van der Waals surface area contributed by atoms with Gasteiger partial charge in [0.05, 0.1) is 11.9 Å². The molecule has 0 radical (unpaired) electrons. The van der Waals surface area contributed by atoms with Crippen LogP contribution in [0, 0.1) is 13.8 Å². The summed E-state index contributed by atoms with van der Waals surface area (Å²) in [5.41, 5.74) is 4.34. The van der Waals surface area contributed by atoms with Crippen molar-refractivity contribution in [2.75, 3.05) is 48.7 Å². The lowest BCUT2D eigenvalue weighted by Crippen LogP contribution is -2.52. The van der Waals surface area contributed by atoms with Crippen molar-refractivity contribution in [3.63, 3.8) is 0 Å². The van der Waals surface area contributed by atoms with Gasteiger partial charge in [0.1, 0.15) is 5.75 Å². The molecule has 0 bridgehead atoms. The molecule has 1 fully saturated rings. The van der Waals surface area contributed by atoms with Crippen LogP contribution in [0.2, 0.25) is 0 Å². The summed E-state index contributed by atoms with van der Waals surface area (Å²) in [6.07, 6.45) is 1.14. The smallest absolute Gasteiger partial charge is 0.263 e. The number of nitrogens with zero attached hydrogens (tertiary/aromatic N) is 3. The van der Waals surface area contributed by atoms with E-state index in [0.717, 1.165) is 19.3 Å². The van der Waals surface area contributed by atoms with Crippen LogP contribution >= 0.6 is 0 Å². The predicted molar refractivity (Wildman–Crippen MR) is 129 cm³/mol. The van der Waals surface area contributed by atoms with Crippen LogP contribution in [0.3, 0.4) is 0 Å². The van der Waals surface area contributed by atoms with E-state index in [1.807, 2.05) is 11.8 Å². The van der Waals surface area contributed by atoms with Gasteiger partial charge in [-0.25, -0.2) is 8.42 Å². The van der Waals surface area contributed by atoms with Gasteiger partial charge in [-0.15, -0.1) is 0 Å². The number of sulfonamides is 1. The molecule has 1 aliphatic rings. The second-order valence-corrected chi connectivity index (χ2v) is 10.3. The minimum atomic E-state index is -3.33. The van der Waals surface area contributed by atoms with Gasteiger partial charge in [-0.3, -0.25) is 9.10 Å². The highest BCUT2D eigenvalue weighted by molar-refractivity contribution is 7.92. The maximum absolute atomic E-state index is 13.1. The molecule has 2 aromatic carbocycles. The van der Waals surface area contributed by atoms with Gasteiger partial charge in [-0.2, -0.15) is 0 Å². The number of hydrogen-bond donors (Lipinski definition) is 0. The van der Waals surface area contributed by atoms with Crippen molar-refractivity contribution in [1.29, 1.82) is 0 Å². The number of carbonyl (C=O) groups is 1. The molecule has 2 aromatic rings. The predicted octanol–water partition coefficient (Wildman–Crippen LogP) is 3.21. The minimum Gasteiger partial charge on any atom is -0.481 e. The van der Waals surface area contributed by atoms with Crippen LogP contribution in [-0.4, -0.2) is 64.8 Å². The summed E-state index contributed by atoms with van der Waals surface area (Å²) in [5.74, 6) is 0.537. The Hall–Kier alpha value is -2.74. The van der Waals surface area contributed by atoms with Crippen LogP contribution in [0.1, 0.15) is 24.5 Å². The molecular formula is C24H33N3O4S. The third-order valence-electron chi connectivity index (χ3n) is 6.13. The van der Waals surface area contributed by atoms with E-state index in [1.165, 1.54) is 28.2 Å².